The average molecular weight is 446 g/mol. The molecular weight excluding hydrogens is 410 g/mol. The second-order valence-electron chi connectivity index (χ2n) is 11.4. The normalized spacial score (nSPS) is 42.2. The summed E-state index contributed by atoms with van der Waals surface area (Å²) in [5, 5.41) is 0. The molecule has 5 nitrogen and oxygen atoms in total. The van der Waals surface area contributed by atoms with Crippen LogP contribution in [0.3, 0.4) is 0 Å². The Morgan fingerprint density at radius 1 is 1.03 bits per heavy atom. The first-order valence-corrected chi connectivity index (χ1v) is 13.2. The largest absolute Gasteiger partial charge is 0.356 e. The lowest BCUT2D eigenvalue weighted by molar-refractivity contribution is -0.152. The molecular formula is C25H35NO4S. The van der Waals surface area contributed by atoms with Crippen LogP contribution in [0.4, 0.5) is 0 Å². The minimum atomic E-state index is -3.81. The van der Waals surface area contributed by atoms with Crippen molar-refractivity contribution in [2.75, 3.05) is 0 Å². The van der Waals surface area contributed by atoms with Gasteiger partial charge in [-0.25, -0.2) is 8.42 Å². The lowest BCUT2D eigenvalue weighted by Gasteiger charge is -2.43. The number of benzene rings is 1. The standard InChI is InChI=1S/C25H35NO4S/c1-16-9-11-17(12-10-16)31(28,29)26-20-18-13-15-25(5,23(18,2)3)21(20)30-22(26)24(4)14-7-6-8-19(24)27/h9-12,18,20-22H,6-8,13-15H2,1-5H3. The number of Topliss-reactive ketones (excluding diaryl/α,β-unsaturated/α-hetero) is 1. The smallest absolute Gasteiger partial charge is 0.245 e. The van der Waals surface area contributed by atoms with Crippen molar-refractivity contribution in [3.63, 3.8) is 0 Å². The van der Waals surface area contributed by atoms with Crippen LogP contribution in [0.1, 0.15) is 71.8 Å². The van der Waals surface area contributed by atoms with E-state index in [1.54, 1.807) is 16.4 Å². The second kappa shape index (κ2) is 6.64. The maximum atomic E-state index is 14.1. The topological polar surface area (TPSA) is 63.7 Å². The highest BCUT2D eigenvalue weighted by molar-refractivity contribution is 7.89. The molecule has 0 aromatic heterocycles. The summed E-state index contributed by atoms with van der Waals surface area (Å²) in [4.78, 5) is 13.5. The summed E-state index contributed by atoms with van der Waals surface area (Å²) in [6.45, 7) is 10.7. The number of ether oxygens (including phenoxy) is 1. The predicted molar refractivity (Wildman–Crippen MR) is 119 cm³/mol. The lowest BCUT2D eigenvalue weighted by Crippen LogP contribution is -2.54. The summed E-state index contributed by atoms with van der Waals surface area (Å²) in [5.74, 6) is 0.375. The molecule has 4 fully saturated rings. The Balaban J connectivity index is 1.66. The summed E-state index contributed by atoms with van der Waals surface area (Å²) in [7, 11) is -3.81. The number of rotatable bonds is 3. The Labute approximate surface area is 186 Å². The summed E-state index contributed by atoms with van der Waals surface area (Å²) >= 11 is 0. The van der Waals surface area contributed by atoms with Crippen LogP contribution in [0.5, 0.6) is 0 Å². The van der Waals surface area contributed by atoms with Crippen LogP contribution in [0.15, 0.2) is 29.2 Å². The molecule has 1 saturated heterocycles. The van der Waals surface area contributed by atoms with Crippen molar-refractivity contribution >= 4 is 15.8 Å². The SMILES string of the molecule is Cc1ccc(S(=O)(=O)N2C3C4CCC(C)(C3OC2C2(C)CCCCC2=O)C4(C)C)cc1. The molecule has 0 spiro atoms. The number of hydrogen-bond acceptors (Lipinski definition) is 4. The molecule has 3 aliphatic carbocycles. The van der Waals surface area contributed by atoms with E-state index in [2.05, 4.69) is 20.8 Å². The van der Waals surface area contributed by atoms with Crippen LogP contribution in [0.25, 0.3) is 0 Å². The zero-order chi connectivity index (χ0) is 22.4. The van der Waals surface area contributed by atoms with Gasteiger partial charge in [0.25, 0.3) is 0 Å². The monoisotopic (exact) mass is 445 g/mol. The van der Waals surface area contributed by atoms with E-state index in [9.17, 15) is 13.2 Å². The van der Waals surface area contributed by atoms with Crippen molar-refractivity contribution < 1.29 is 17.9 Å². The molecule has 6 unspecified atom stereocenters. The number of carbonyl (C=O) groups is 1. The van der Waals surface area contributed by atoms with Crippen LogP contribution in [-0.4, -0.2) is 36.9 Å². The van der Waals surface area contributed by atoms with Crippen molar-refractivity contribution in [2.45, 2.75) is 96.4 Å². The summed E-state index contributed by atoms with van der Waals surface area (Å²) in [6, 6.07) is 6.86. The van der Waals surface area contributed by atoms with Crippen molar-refractivity contribution in [3.8, 4) is 0 Å². The highest BCUT2D eigenvalue weighted by Gasteiger charge is 2.74. The van der Waals surface area contributed by atoms with Gasteiger partial charge in [-0.3, -0.25) is 4.79 Å². The first-order chi connectivity index (χ1) is 14.4. The Hall–Kier alpha value is -1.24. The van der Waals surface area contributed by atoms with Gasteiger partial charge >= 0.3 is 0 Å². The molecule has 0 amide bonds. The van der Waals surface area contributed by atoms with Gasteiger partial charge < -0.3 is 4.74 Å². The molecule has 170 valence electrons. The fourth-order valence-corrected chi connectivity index (χ4v) is 9.00. The van der Waals surface area contributed by atoms with Crippen LogP contribution < -0.4 is 0 Å². The van der Waals surface area contributed by atoms with E-state index in [-0.39, 0.29) is 34.7 Å². The van der Waals surface area contributed by atoms with Gasteiger partial charge in [0.1, 0.15) is 12.0 Å². The molecule has 1 aromatic carbocycles. The van der Waals surface area contributed by atoms with Crippen LogP contribution in [0.2, 0.25) is 0 Å². The number of carbonyl (C=O) groups excluding carboxylic acids is 1. The van der Waals surface area contributed by atoms with Crippen LogP contribution in [0, 0.1) is 29.1 Å². The van der Waals surface area contributed by atoms with Gasteiger partial charge in [-0.15, -0.1) is 0 Å². The zero-order valence-electron chi connectivity index (χ0n) is 19.3. The highest BCUT2D eigenvalue weighted by atomic mass is 32.2. The quantitative estimate of drug-likeness (QED) is 0.677. The van der Waals surface area contributed by atoms with Crippen molar-refractivity contribution in [2.24, 2.45) is 22.2 Å². The second-order valence-corrected chi connectivity index (χ2v) is 13.2. The number of fused-ring (bicyclic) bond motifs is 5. The molecule has 3 saturated carbocycles. The van der Waals surface area contributed by atoms with Crippen LogP contribution >= 0.6 is 0 Å². The minimum Gasteiger partial charge on any atom is -0.356 e. The molecule has 1 aromatic rings. The first-order valence-electron chi connectivity index (χ1n) is 11.7. The first kappa shape index (κ1) is 21.6. The predicted octanol–water partition coefficient (Wildman–Crippen LogP) is 4.68. The van der Waals surface area contributed by atoms with E-state index in [0.717, 1.165) is 31.2 Å². The van der Waals surface area contributed by atoms with E-state index in [4.69, 9.17) is 4.74 Å². The third-order valence-corrected chi connectivity index (χ3v) is 11.5. The number of sulfonamides is 1. The van der Waals surface area contributed by atoms with Crippen molar-refractivity contribution in [3.05, 3.63) is 29.8 Å². The molecule has 1 aliphatic heterocycles. The third kappa shape index (κ3) is 2.67. The molecule has 1 heterocycles. The van der Waals surface area contributed by atoms with Crippen LogP contribution in [-0.2, 0) is 19.6 Å². The molecule has 0 N–H and O–H groups in total. The number of ketones is 1. The number of hydrogen-bond donors (Lipinski definition) is 0. The lowest BCUT2D eigenvalue weighted by atomic mass is 9.69. The molecule has 0 radical (unpaired) electrons. The number of aryl methyl sites for hydroxylation is 1. The van der Waals surface area contributed by atoms with E-state index in [1.807, 2.05) is 26.0 Å². The zero-order valence-corrected chi connectivity index (χ0v) is 20.2. The summed E-state index contributed by atoms with van der Waals surface area (Å²) < 4.78 is 36.6. The Morgan fingerprint density at radius 3 is 2.35 bits per heavy atom. The summed E-state index contributed by atoms with van der Waals surface area (Å²) in [6.07, 6.45) is 4.16. The van der Waals surface area contributed by atoms with Gasteiger partial charge in [-0.2, -0.15) is 4.31 Å². The molecule has 6 heteroatoms. The van der Waals surface area contributed by atoms with Gasteiger partial charge in [0, 0.05) is 11.8 Å². The van der Waals surface area contributed by atoms with Crippen molar-refractivity contribution in [1.82, 2.24) is 4.31 Å². The molecule has 31 heavy (non-hydrogen) atoms. The van der Waals surface area contributed by atoms with Gasteiger partial charge in [-0.05, 0) is 63.0 Å². The Morgan fingerprint density at radius 2 is 1.71 bits per heavy atom. The van der Waals surface area contributed by atoms with E-state index in [0.29, 0.717) is 17.7 Å². The fourth-order valence-electron chi connectivity index (χ4n) is 7.17. The minimum absolute atomic E-state index is 0.00811. The van der Waals surface area contributed by atoms with Gasteiger partial charge in [0.05, 0.1) is 22.5 Å². The fraction of sp³-hybridized carbons (Fsp3) is 0.720. The van der Waals surface area contributed by atoms with E-state index < -0.39 is 21.7 Å². The number of nitrogens with zero attached hydrogens (tertiary/aromatic N) is 1. The average Bonchev–Trinajstić information content (AvgIpc) is 3.27. The molecule has 4 aliphatic rings. The highest BCUT2D eigenvalue weighted by Crippen LogP contribution is 2.70. The molecule has 6 atom stereocenters. The van der Waals surface area contributed by atoms with Gasteiger partial charge in [0.15, 0.2) is 0 Å². The molecule has 5 rings (SSSR count). The van der Waals surface area contributed by atoms with Gasteiger partial charge in [-0.1, -0.05) is 44.9 Å². The van der Waals surface area contributed by atoms with Gasteiger partial charge in [0.2, 0.25) is 10.0 Å². The summed E-state index contributed by atoms with van der Waals surface area (Å²) in [5.41, 5.74) is 0.132. The van der Waals surface area contributed by atoms with E-state index in [1.165, 1.54) is 0 Å². The maximum Gasteiger partial charge on any atom is 0.245 e. The maximum absolute atomic E-state index is 14.1. The molecule has 2 bridgehead atoms. The van der Waals surface area contributed by atoms with E-state index >= 15 is 0 Å². The Kier molecular flexibility index (Phi) is 4.63. The van der Waals surface area contributed by atoms with Crippen molar-refractivity contribution in [1.29, 1.82) is 0 Å². The third-order valence-electron chi connectivity index (χ3n) is 9.65. The Bertz CT molecular complexity index is 1020.